The van der Waals surface area contributed by atoms with Crippen LogP contribution in [0.2, 0.25) is 0 Å². The van der Waals surface area contributed by atoms with Gasteiger partial charge in [0.05, 0.1) is 6.04 Å². The topological polar surface area (TPSA) is 57.6 Å². The van der Waals surface area contributed by atoms with Crippen LogP contribution in [0.15, 0.2) is 16.6 Å². The minimum absolute atomic E-state index is 0.0497. The molecule has 1 atom stereocenters. The Kier molecular flexibility index (Phi) is 4.37. The molecule has 7 heteroatoms. The highest BCUT2D eigenvalue weighted by Gasteiger charge is 2.34. The summed E-state index contributed by atoms with van der Waals surface area (Å²) in [6, 6.07) is 1.04. The van der Waals surface area contributed by atoms with E-state index >= 15 is 0 Å². The number of ketones is 1. The zero-order chi connectivity index (χ0) is 14.9. The van der Waals surface area contributed by atoms with Crippen LogP contribution < -0.4 is 0 Å². The van der Waals surface area contributed by atoms with E-state index in [0.717, 1.165) is 11.0 Å². The standard InChI is InChI=1S/C13H12BrF2NO3/c14-9-4-7(15)5-10(16)8(9)6-12(18)11-2-1-3-17(11)13(19)20/h4-5,11H,1-3,6H2,(H,19,20). The van der Waals surface area contributed by atoms with Gasteiger partial charge >= 0.3 is 6.09 Å². The van der Waals surface area contributed by atoms with Crippen molar-refractivity contribution in [1.29, 1.82) is 0 Å². The summed E-state index contributed by atoms with van der Waals surface area (Å²) in [5.41, 5.74) is 0.0497. The van der Waals surface area contributed by atoms with Gasteiger partial charge in [-0.25, -0.2) is 13.6 Å². The second kappa shape index (κ2) is 5.87. The van der Waals surface area contributed by atoms with Crippen molar-refractivity contribution in [3.8, 4) is 0 Å². The Morgan fingerprint density at radius 1 is 1.40 bits per heavy atom. The van der Waals surface area contributed by atoms with Crippen LogP contribution in [0.5, 0.6) is 0 Å². The third-order valence-corrected chi connectivity index (χ3v) is 4.03. The average molecular weight is 348 g/mol. The molecule has 1 aliphatic heterocycles. The number of Topliss-reactive ketones (excluding diaryl/α,β-unsaturated/α-hetero) is 1. The molecule has 1 N–H and O–H groups in total. The molecular formula is C13H12BrF2NO3. The Bertz CT molecular complexity index is 542. The quantitative estimate of drug-likeness (QED) is 0.914. The van der Waals surface area contributed by atoms with E-state index in [1.807, 2.05) is 0 Å². The summed E-state index contributed by atoms with van der Waals surface area (Å²) in [5, 5.41) is 8.98. The first kappa shape index (κ1) is 14.9. The van der Waals surface area contributed by atoms with Crippen molar-refractivity contribution in [1.82, 2.24) is 4.90 Å². The van der Waals surface area contributed by atoms with Gasteiger partial charge in [0.1, 0.15) is 11.6 Å². The van der Waals surface area contributed by atoms with E-state index in [9.17, 15) is 18.4 Å². The van der Waals surface area contributed by atoms with Gasteiger partial charge in [0.15, 0.2) is 5.78 Å². The molecule has 0 radical (unpaired) electrons. The average Bonchev–Trinajstić information content (AvgIpc) is 2.82. The fourth-order valence-electron chi connectivity index (χ4n) is 2.36. The monoisotopic (exact) mass is 347 g/mol. The summed E-state index contributed by atoms with van der Waals surface area (Å²) >= 11 is 3.02. The number of hydrogen-bond donors (Lipinski definition) is 1. The van der Waals surface area contributed by atoms with Crippen molar-refractivity contribution >= 4 is 27.8 Å². The number of carboxylic acid groups (broad SMARTS) is 1. The van der Waals surface area contributed by atoms with Crippen molar-refractivity contribution in [3.63, 3.8) is 0 Å². The molecular weight excluding hydrogens is 336 g/mol. The second-order valence-electron chi connectivity index (χ2n) is 4.63. The summed E-state index contributed by atoms with van der Waals surface area (Å²) in [5.74, 6) is -1.93. The van der Waals surface area contributed by atoms with E-state index in [1.165, 1.54) is 0 Å². The minimum atomic E-state index is -1.15. The number of benzene rings is 1. The molecule has 0 saturated carbocycles. The Labute approximate surface area is 122 Å². The molecule has 0 aromatic heterocycles. The number of likely N-dealkylation sites (tertiary alicyclic amines) is 1. The van der Waals surface area contributed by atoms with E-state index in [4.69, 9.17) is 5.11 Å². The Morgan fingerprint density at radius 2 is 2.10 bits per heavy atom. The lowest BCUT2D eigenvalue weighted by atomic mass is 10.0. The maximum atomic E-state index is 13.7. The summed E-state index contributed by atoms with van der Waals surface area (Å²) in [6.07, 6.45) is -0.373. The van der Waals surface area contributed by atoms with Crippen LogP contribution in [0.1, 0.15) is 18.4 Å². The number of carbonyl (C=O) groups is 2. The number of nitrogens with zero attached hydrogens (tertiary/aromatic N) is 1. The summed E-state index contributed by atoms with van der Waals surface area (Å²) in [6.45, 7) is 0.304. The third-order valence-electron chi connectivity index (χ3n) is 3.33. The van der Waals surface area contributed by atoms with Gasteiger partial charge < -0.3 is 5.11 Å². The number of amides is 1. The van der Waals surface area contributed by atoms with Crippen LogP contribution >= 0.6 is 15.9 Å². The highest BCUT2D eigenvalue weighted by molar-refractivity contribution is 9.10. The van der Waals surface area contributed by atoms with Crippen molar-refractivity contribution in [2.75, 3.05) is 6.54 Å². The first-order valence-corrected chi connectivity index (χ1v) is 6.85. The number of hydrogen-bond acceptors (Lipinski definition) is 2. The van der Waals surface area contributed by atoms with E-state index < -0.39 is 23.8 Å². The zero-order valence-electron chi connectivity index (χ0n) is 10.4. The number of rotatable bonds is 3. The molecule has 1 fully saturated rings. The lowest BCUT2D eigenvalue weighted by Crippen LogP contribution is -2.40. The maximum absolute atomic E-state index is 13.7. The number of halogens is 3. The molecule has 2 rings (SSSR count). The second-order valence-corrected chi connectivity index (χ2v) is 5.48. The molecule has 1 aliphatic rings. The summed E-state index contributed by atoms with van der Waals surface area (Å²) in [4.78, 5) is 24.2. The molecule has 1 amide bonds. The van der Waals surface area contributed by atoms with Crippen LogP contribution in [0.25, 0.3) is 0 Å². The number of carbonyl (C=O) groups excluding carboxylic acids is 1. The molecule has 0 spiro atoms. The Morgan fingerprint density at radius 3 is 2.70 bits per heavy atom. The van der Waals surface area contributed by atoms with E-state index in [0.29, 0.717) is 25.5 Å². The van der Waals surface area contributed by atoms with Gasteiger partial charge in [-0.3, -0.25) is 9.69 Å². The molecule has 0 aliphatic carbocycles. The van der Waals surface area contributed by atoms with Gasteiger partial charge in [-0.2, -0.15) is 0 Å². The van der Waals surface area contributed by atoms with Crippen molar-refractivity contribution in [3.05, 3.63) is 33.8 Å². The predicted octanol–water partition coefficient (Wildman–Crippen LogP) is 2.98. The fraction of sp³-hybridized carbons (Fsp3) is 0.385. The van der Waals surface area contributed by atoms with E-state index in [-0.39, 0.29) is 22.2 Å². The molecule has 1 saturated heterocycles. The summed E-state index contributed by atoms with van der Waals surface area (Å²) in [7, 11) is 0. The SMILES string of the molecule is O=C(Cc1c(F)cc(F)cc1Br)C1CCCN1C(=O)O. The van der Waals surface area contributed by atoms with Crippen LogP contribution in [0.4, 0.5) is 13.6 Å². The first-order valence-electron chi connectivity index (χ1n) is 6.06. The van der Waals surface area contributed by atoms with Gasteiger partial charge in [0, 0.05) is 29.1 Å². The molecule has 4 nitrogen and oxygen atoms in total. The van der Waals surface area contributed by atoms with Gasteiger partial charge in [-0.05, 0) is 18.9 Å². The van der Waals surface area contributed by atoms with Crippen LogP contribution in [0, 0.1) is 11.6 Å². The van der Waals surface area contributed by atoms with Gasteiger partial charge in [-0.1, -0.05) is 15.9 Å². The summed E-state index contributed by atoms with van der Waals surface area (Å²) < 4.78 is 26.8. The lowest BCUT2D eigenvalue weighted by Gasteiger charge is -2.20. The molecule has 1 aromatic carbocycles. The Hall–Kier alpha value is -1.50. The normalized spacial score (nSPS) is 18.4. The minimum Gasteiger partial charge on any atom is -0.465 e. The third kappa shape index (κ3) is 2.98. The van der Waals surface area contributed by atoms with Crippen LogP contribution in [-0.4, -0.2) is 34.5 Å². The smallest absolute Gasteiger partial charge is 0.407 e. The molecule has 108 valence electrons. The Balaban J connectivity index is 2.18. The molecule has 20 heavy (non-hydrogen) atoms. The first-order chi connectivity index (χ1) is 9.40. The molecule has 1 aromatic rings. The van der Waals surface area contributed by atoms with Gasteiger partial charge in [0.2, 0.25) is 0 Å². The molecule has 1 unspecified atom stereocenters. The highest BCUT2D eigenvalue weighted by atomic mass is 79.9. The van der Waals surface area contributed by atoms with Gasteiger partial charge in [0.25, 0.3) is 0 Å². The van der Waals surface area contributed by atoms with Crippen molar-refractivity contribution in [2.24, 2.45) is 0 Å². The fourth-order valence-corrected chi connectivity index (χ4v) is 2.91. The van der Waals surface area contributed by atoms with Crippen molar-refractivity contribution < 1.29 is 23.5 Å². The van der Waals surface area contributed by atoms with Crippen molar-refractivity contribution in [2.45, 2.75) is 25.3 Å². The predicted molar refractivity (Wildman–Crippen MR) is 70.5 cm³/mol. The van der Waals surface area contributed by atoms with E-state index in [2.05, 4.69) is 15.9 Å². The zero-order valence-corrected chi connectivity index (χ0v) is 12.0. The van der Waals surface area contributed by atoms with Crippen LogP contribution in [0.3, 0.4) is 0 Å². The van der Waals surface area contributed by atoms with E-state index in [1.54, 1.807) is 0 Å². The lowest BCUT2D eigenvalue weighted by molar-refractivity contribution is -0.122. The van der Waals surface area contributed by atoms with Gasteiger partial charge in [-0.15, -0.1) is 0 Å². The molecule has 1 heterocycles. The molecule has 0 bridgehead atoms. The largest absolute Gasteiger partial charge is 0.465 e. The van der Waals surface area contributed by atoms with Crippen LogP contribution in [-0.2, 0) is 11.2 Å². The highest BCUT2D eigenvalue weighted by Crippen LogP contribution is 2.25. The maximum Gasteiger partial charge on any atom is 0.407 e.